The fourth-order valence-corrected chi connectivity index (χ4v) is 2.58. The Morgan fingerprint density at radius 2 is 2.17 bits per heavy atom. The number of ketones is 1. The topological polar surface area (TPSA) is 46.3 Å². The molecule has 1 heterocycles. The molecule has 1 fully saturated rings. The average Bonchev–Trinajstić information content (AvgIpc) is 2.73. The first-order valence-corrected chi connectivity index (χ1v) is 6.68. The summed E-state index contributed by atoms with van der Waals surface area (Å²) in [5.74, 6) is 0.116. The van der Waals surface area contributed by atoms with Crippen LogP contribution < -0.4 is 5.73 Å². The number of carbonyl (C=O) groups excluding carboxylic acids is 1. The van der Waals surface area contributed by atoms with Crippen molar-refractivity contribution in [3.05, 3.63) is 34.9 Å². The molecule has 0 aliphatic carbocycles. The van der Waals surface area contributed by atoms with Gasteiger partial charge in [-0.1, -0.05) is 23.7 Å². The number of hydrogen-bond acceptors (Lipinski definition) is 3. The Hall–Kier alpha value is -0.900. The summed E-state index contributed by atoms with van der Waals surface area (Å²) in [5.41, 5.74) is 6.93. The maximum absolute atomic E-state index is 11.8. The van der Waals surface area contributed by atoms with Gasteiger partial charge >= 0.3 is 0 Å². The van der Waals surface area contributed by atoms with Crippen LogP contribution in [0.4, 0.5) is 0 Å². The Bertz CT molecular complexity index is 418. The summed E-state index contributed by atoms with van der Waals surface area (Å²) in [6.07, 6.45) is 1.02. The molecule has 4 heteroatoms. The van der Waals surface area contributed by atoms with E-state index in [1.807, 2.05) is 24.3 Å². The second-order valence-corrected chi connectivity index (χ2v) is 5.46. The molecule has 0 spiro atoms. The van der Waals surface area contributed by atoms with E-state index < -0.39 is 0 Å². The molecule has 1 aliphatic rings. The number of likely N-dealkylation sites (tertiary alicyclic amines) is 1. The van der Waals surface area contributed by atoms with Crippen molar-refractivity contribution in [3.63, 3.8) is 0 Å². The normalized spacial score (nSPS) is 22.1. The number of halogens is 1. The summed E-state index contributed by atoms with van der Waals surface area (Å²) in [6, 6.07) is 7.79. The van der Waals surface area contributed by atoms with E-state index >= 15 is 0 Å². The minimum Gasteiger partial charge on any atom is -0.326 e. The minimum atomic E-state index is -0.0763. The molecule has 0 amide bonds. The van der Waals surface area contributed by atoms with Gasteiger partial charge in [-0.25, -0.2) is 0 Å². The van der Waals surface area contributed by atoms with Crippen LogP contribution in [0.25, 0.3) is 0 Å². The lowest BCUT2D eigenvalue weighted by molar-refractivity contribution is -0.118. The van der Waals surface area contributed by atoms with Crippen molar-refractivity contribution in [2.45, 2.75) is 25.3 Å². The van der Waals surface area contributed by atoms with Crippen molar-refractivity contribution in [1.29, 1.82) is 0 Å². The molecule has 3 nitrogen and oxygen atoms in total. The van der Waals surface area contributed by atoms with E-state index in [0.29, 0.717) is 5.02 Å². The molecule has 1 aromatic rings. The molecular formula is C14H19ClN2O. The molecule has 0 saturated carbocycles. The summed E-state index contributed by atoms with van der Waals surface area (Å²) in [7, 11) is 0. The molecule has 18 heavy (non-hydrogen) atoms. The van der Waals surface area contributed by atoms with E-state index in [1.165, 1.54) is 0 Å². The smallest absolute Gasteiger partial charge is 0.138 e. The van der Waals surface area contributed by atoms with Crippen LogP contribution in [0.1, 0.15) is 24.8 Å². The molecule has 1 saturated heterocycles. The summed E-state index contributed by atoms with van der Waals surface area (Å²) in [6.45, 7) is 4.27. The van der Waals surface area contributed by atoms with Crippen LogP contribution in [0.5, 0.6) is 0 Å². The van der Waals surface area contributed by atoms with Gasteiger partial charge in [0.1, 0.15) is 5.78 Å². The molecule has 2 atom stereocenters. The highest BCUT2D eigenvalue weighted by atomic mass is 35.5. The van der Waals surface area contributed by atoms with Crippen LogP contribution >= 0.6 is 11.6 Å². The van der Waals surface area contributed by atoms with Crippen molar-refractivity contribution in [1.82, 2.24) is 4.90 Å². The standard InChI is InChI=1S/C14H19ClN2O/c1-10(18)14(9-17-7-6-13(16)8-17)11-2-4-12(15)5-3-11/h2-5,13-14H,6-9,16H2,1H3. The average molecular weight is 267 g/mol. The number of Topliss-reactive ketones (excluding diaryl/α,β-unsaturated/α-hetero) is 1. The number of carbonyl (C=O) groups is 1. The van der Waals surface area contributed by atoms with E-state index in [1.54, 1.807) is 6.92 Å². The van der Waals surface area contributed by atoms with Crippen molar-refractivity contribution in [3.8, 4) is 0 Å². The van der Waals surface area contributed by atoms with Gasteiger partial charge < -0.3 is 10.6 Å². The molecular weight excluding hydrogens is 248 g/mol. The number of nitrogens with zero attached hydrogens (tertiary/aromatic N) is 1. The first-order valence-electron chi connectivity index (χ1n) is 6.30. The van der Waals surface area contributed by atoms with E-state index in [0.717, 1.165) is 31.6 Å². The van der Waals surface area contributed by atoms with Gasteiger partial charge in [-0.2, -0.15) is 0 Å². The third-order valence-electron chi connectivity index (χ3n) is 3.51. The Kier molecular flexibility index (Phi) is 4.38. The van der Waals surface area contributed by atoms with Crippen LogP contribution in [-0.2, 0) is 4.79 Å². The molecule has 2 rings (SSSR count). The lowest BCUT2D eigenvalue weighted by atomic mass is 9.95. The number of rotatable bonds is 4. The minimum absolute atomic E-state index is 0.0763. The second-order valence-electron chi connectivity index (χ2n) is 5.02. The van der Waals surface area contributed by atoms with Crippen LogP contribution in [0, 0.1) is 0 Å². The van der Waals surface area contributed by atoms with Crippen LogP contribution in [0.2, 0.25) is 5.02 Å². The van der Waals surface area contributed by atoms with Crippen molar-refractivity contribution >= 4 is 17.4 Å². The lowest BCUT2D eigenvalue weighted by Crippen LogP contribution is -2.32. The zero-order valence-corrected chi connectivity index (χ0v) is 11.4. The monoisotopic (exact) mass is 266 g/mol. The van der Waals surface area contributed by atoms with E-state index in [-0.39, 0.29) is 17.7 Å². The molecule has 2 unspecified atom stereocenters. The molecule has 1 aromatic carbocycles. The van der Waals surface area contributed by atoms with Crippen LogP contribution in [-0.4, -0.2) is 36.4 Å². The van der Waals surface area contributed by atoms with Gasteiger partial charge in [0.2, 0.25) is 0 Å². The maximum atomic E-state index is 11.8. The molecule has 98 valence electrons. The van der Waals surface area contributed by atoms with E-state index in [9.17, 15) is 4.79 Å². The molecule has 1 aliphatic heterocycles. The predicted octanol–water partition coefficient (Wildman–Crippen LogP) is 2.05. The Labute approximate surface area is 113 Å². The van der Waals surface area contributed by atoms with Crippen LogP contribution in [0.15, 0.2) is 24.3 Å². The number of benzene rings is 1. The first kappa shape index (κ1) is 13.5. The van der Waals surface area contributed by atoms with Gasteiger partial charge in [0.05, 0.1) is 5.92 Å². The number of hydrogen-bond donors (Lipinski definition) is 1. The third-order valence-corrected chi connectivity index (χ3v) is 3.76. The summed E-state index contributed by atoms with van der Waals surface area (Å²) < 4.78 is 0. The maximum Gasteiger partial charge on any atom is 0.138 e. The zero-order valence-electron chi connectivity index (χ0n) is 10.6. The fourth-order valence-electron chi connectivity index (χ4n) is 2.45. The highest BCUT2D eigenvalue weighted by Crippen LogP contribution is 2.22. The van der Waals surface area contributed by atoms with Crippen molar-refractivity contribution in [2.75, 3.05) is 19.6 Å². The predicted molar refractivity (Wildman–Crippen MR) is 73.9 cm³/mol. The van der Waals surface area contributed by atoms with Crippen LogP contribution in [0.3, 0.4) is 0 Å². The fraction of sp³-hybridized carbons (Fsp3) is 0.500. The van der Waals surface area contributed by atoms with Gasteiger partial charge in [0, 0.05) is 24.2 Å². The highest BCUT2D eigenvalue weighted by molar-refractivity contribution is 6.30. The van der Waals surface area contributed by atoms with Gasteiger partial charge in [0.15, 0.2) is 0 Å². The lowest BCUT2D eigenvalue weighted by Gasteiger charge is -2.22. The molecule has 0 radical (unpaired) electrons. The third kappa shape index (κ3) is 3.31. The van der Waals surface area contributed by atoms with Crippen molar-refractivity contribution < 1.29 is 4.79 Å². The Morgan fingerprint density at radius 3 is 2.67 bits per heavy atom. The summed E-state index contributed by atoms with van der Waals surface area (Å²) in [5, 5.41) is 0.698. The largest absolute Gasteiger partial charge is 0.326 e. The van der Waals surface area contributed by atoms with Gasteiger partial charge in [0.25, 0.3) is 0 Å². The van der Waals surface area contributed by atoms with Gasteiger partial charge in [-0.3, -0.25) is 4.79 Å². The quantitative estimate of drug-likeness (QED) is 0.907. The second kappa shape index (κ2) is 5.83. The summed E-state index contributed by atoms with van der Waals surface area (Å²) >= 11 is 5.87. The SMILES string of the molecule is CC(=O)C(CN1CCC(N)C1)c1ccc(Cl)cc1. The summed E-state index contributed by atoms with van der Waals surface area (Å²) in [4.78, 5) is 14.1. The zero-order chi connectivity index (χ0) is 13.1. The first-order chi connectivity index (χ1) is 8.56. The highest BCUT2D eigenvalue weighted by Gasteiger charge is 2.25. The Balaban J connectivity index is 2.08. The van der Waals surface area contributed by atoms with Crippen molar-refractivity contribution in [2.24, 2.45) is 5.73 Å². The van der Waals surface area contributed by atoms with E-state index in [2.05, 4.69) is 4.90 Å². The molecule has 2 N–H and O–H groups in total. The molecule has 0 bridgehead atoms. The van der Waals surface area contributed by atoms with Gasteiger partial charge in [-0.05, 0) is 37.6 Å². The van der Waals surface area contributed by atoms with Gasteiger partial charge in [-0.15, -0.1) is 0 Å². The number of nitrogens with two attached hydrogens (primary N) is 1. The Morgan fingerprint density at radius 1 is 1.50 bits per heavy atom. The van der Waals surface area contributed by atoms with E-state index in [4.69, 9.17) is 17.3 Å². The molecule has 0 aromatic heterocycles.